The fourth-order valence-electron chi connectivity index (χ4n) is 2.82. The Hall–Kier alpha value is -2.82. The summed E-state index contributed by atoms with van der Waals surface area (Å²) in [5.74, 6) is 0.739. The first kappa shape index (κ1) is 16.1. The first-order valence-corrected chi connectivity index (χ1v) is 8.06. The van der Waals surface area contributed by atoms with E-state index in [0.717, 1.165) is 11.3 Å². The van der Waals surface area contributed by atoms with Gasteiger partial charge in [-0.1, -0.05) is 30.3 Å². The van der Waals surface area contributed by atoms with Gasteiger partial charge >= 0.3 is 0 Å². The van der Waals surface area contributed by atoms with Crippen molar-refractivity contribution in [1.82, 2.24) is 10.9 Å². The van der Waals surface area contributed by atoms with Gasteiger partial charge in [-0.3, -0.25) is 15.0 Å². The van der Waals surface area contributed by atoms with E-state index < -0.39 is 0 Å². The van der Waals surface area contributed by atoms with Crippen LogP contribution in [0.4, 0.5) is 0 Å². The van der Waals surface area contributed by atoms with E-state index in [9.17, 15) is 9.59 Å². The highest BCUT2D eigenvalue weighted by atomic mass is 16.3. The van der Waals surface area contributed by atoms with E-state index >= 15 is 0 Å². The van der Waals surface area contributed by atoms with Crippen molar-refractivity contribution in [2.45, 2.75) is 31.6 Å². The van der Waals surface area contributed by atoms with Gasteiger partial charge in [-0.25, -0.2) is 0 Å². The number of carbonyl (C=O) groups excluding carboxylic acids is 2. The number of amides is 1. The zero-order valence-corrected chi connectivity index (χ0v) is 13.3. The lowest BCUT2D eigenvalue weighted by Crippen LogP contribution is -2.38. The third-order valence-electron chi connectivity index (χ3n) is 4.04. The summed E-state index contributed by atoms with van der Waals surface area (Å²) in [6.07, 6.45) is 5.30. The third kappa shape index (κ3) is 4.35. The van der Waals surface area contributed by atoms with Gasteiger partial charge in [0.2, 0.25) is 5.91 Å². The zero-order chi connectivity index (χ0) is 16.8. The Morgan fingerprint density at radius 1 is 1.12 bits per heavy atom. The van der Waals surface area contributed by atoms with Crippen LogP contribution in [-0.2, 0) is 16.0 Å². The van der Waals surface area contributed by atoms with Gasteiger partial charge in [0.05, 0.1) is 6.26 Å². The monoisotopic (exact) mass is 324 g/mol. The molecule has 0 fully saturated rings. The quantitative estimate of drug-likeness (QED) is 0.802. The Balaban J connectivity index is 1.48. The molecule has 2 N–H and O–H groups in total. The van der Waals surface area contributed by atoms with Crippen molar-refractivity contribution in [1.29, 1.82) is 0 Å². The summed E-state index contributed by atoms with van der Waals surface area (Å²) in [5, 5.41) is 0. The van der Waals surface area contributed by atoms with Crippen molar-refractivity contribution < 1.29 is 14.0 Å². The van der Waals surface area contributed by atoms with Crippen LogP contribution in [0, 0.1) is 0 Å². The average Bonchev–Trinajstić information content (AvgIpc) is 3.13. The van der Waals surface area contributed by atoms with E-state index in [1.54, 1.807) is 12.3 Å². The van der Waals surface area contributed by atoms with E-state index in [2.05, 4.69) is 10.9 Å². The lowest BCUT2D eigenvalue weighted by atomic mass is 9.89. The van der Waals surface area contributed by atoms with Gasteiger partial charge < -0.3 is 9.84 Å². The second kappa shape index (κ2) is 7.64. The van der Waals surface area contributed by atoms with Gasteiger partial charge in [0.1, 0.15) is 5.76 Å². The number of hydrazine groups is 1. The van der Waals surface area contributed by atoms with Gasteiger partial charge in [0, 0.05) is 30.5 Å². The lowest BCUT2D eigenvalue weighted by molar-refractivity contribution is -0.122. The Kier molecular flexibility index (Phi) is 5.11. The molecule has 0 radical (unpaired) electrons. The number of allylic oxidation sites excluding steroid dienone is 2. The van der Waals surface area contributed by atoms with E-state index in [1.165, 1.54) is 0 Å². The molecule has 5 nitrogen and oxygen atoms in total. The highest BCUT2D eigenvalue weighted by Gasteiger charge is 2.24. The average molecular weight is 324 g/mol. The van der Waals surface area contributed by atoms with Gasteiger partial charge in [0.25, 0.3) is 0 Å². The molecule has 2 aromatic rings. The molecular weight excluding hydrogens is 304 g/mol. The van der Waals surface area contributed by atoms with Gasteiger partial charge in [-0.05, 0) is 30.5 Å². The fourth-order valence-corrected chi connectivity index (χ4v) is 2.82. The van der Waals surface area contributed by atoms with Crippen LogP contribution < -0.4 is 10.9 Å². The Morgan fingerprint density at radius 2 is 1.96 bits per heavy atom. The minimum atomic E-state index is -0.104. The second-order valence-corrected chi connectivity index (χ2v) is 5.92. The first-order valence-electron chi connectivity index (χ1n) is 8.06. The van der Waals surface area contributed by atoms with Crippen LogP contribution in [0.15, 0.2) is 64.9 Å². The third-order valence-corrected chi connectivity index (χ3v) is 4.04. The summed E-state index contributed by atoms with van der Waals surface area (Å²) >= 11 is 0. The van der Waals surface area contributed by atoms with Gasteiger partial charge in [-0.15, -0.1) is 0 Å². The highest BCUT2D eigenvalue weighted by Crippen LogP contribution is 2.30. The van der Waals surface area contributed by atoms with Crippen LogP contribution >= 0.6 is 0 Å². The molecule has 0 bridgehead atoms. The summed E-state index contributed by atoms with van der Waals surface area (Å²) in [6.45, 7) is 0. The van der Waals surface area contributed by atoms with Gasteiger partial charge in [-0.2, -0.15) is 0 Å². The normalized spacial score (nSPS) is 17.2. The van der Waals surface area contributed by atoms with Crippen molar-refractivity contribution >= 4 is 11.7 Å². The van der Waals surface area contributed by atoms with Crippen LogP contribution in [0.25, 0.3) is 0 Å². The van der Waals surface area contributed by atoms with E-state index in [4.69, 9.17) is 4.42 Å². The molecular formula is C19H20N2O3. The molecule has 1 aromatic heterocycles. The molecule has 1 heterocycles. The number of carbonyl (C=O) groups is 2. The molecule has 1 aromatic carbocycles. The minimum absolute atomic E-state index is 0.0150. The number of rotatable bonds is 6. The highest BCUT2D eigenvalue weighted by molar-refractivity contribution is 5.92. The zero-order valence-electron chi connectivity index (χ0n) is 13.3. The molecule has 0 spiro atoms. The molecule has 5 heteroatoms. The molecule has 3 rings (SSSR count). The summed E-state index contributed by atoms with van der Waals surface area (Å²) in [5.41, 5.74) is 7.38. The summed E-state index contributed by atoms with van der Waals surface area (Å²) in [7, 11) is 0. The number of hydrogen-bond acceptors (Lipinski definition) is 4. The van der Waals surface area contributed by atoms with Crippen molar-refractivity contribution in [3.63, 3.8) is 0 Å². The number of furan rings is 1. The molecule has 0 aliphatic heterocycles. The predicted molar refractivity (Wildman–Crippen MR) is 89.8 cm³/mol. The number of aryl methyl sites for hydroxylation is 1. The Morgan fingerprint density at radius 3 is 2.71 bits per heavy atom. The smallest absolute Gasteiger partial charge is 0.238 e. The maximum Gasteiger partial charge on any atom is 0.238 e. The Labute approximate surface area is 140 Å². The van der Waals surface area contributed by atoms with E-state index in [-0.39, 0.29) is 17.6 Å². The van der Waals surface area contributed by atoms with E-state index in [1.807, 2.05) is 42.5 Å². The second-order valence-electron chi connectivity index (χ2n) is 5.92. The summed E-state index contributed by atoms with van der Waals surface area (Å²) in [4.78, 5) is 23.8. The van der Waals surface area contributed by atoms with Crippen molar-refractivity contribution in [2.24, 2.45) is 0 Å². The fraction of sp³-hybridized carbons (Fsp3) is 0.263. The topological polar surface area (TPSA) is 71.3 Å². The van der Waals surface area contributed by atoms with Crippen molar-refractivity contribution in [2.75, 3.05) is 0 Å². The standard InChI is InChI=1S/C19H20N2O3/c22-17-12-15(18-7-4-10-24-18)11-16(13-17)20-21-19(23)9-8-14-5-2-1-3-6-14/h1-7,10,13,15,20H,8-9,11-12H2,(H,21,23)/t15-/m0/s1. The largest absolute Gasteiger partial charge is 0.469 e. The van der Waals surface area contributed by atoms with Crippen LogP contribution in [0.3, 0.4) is 0 Å². The Bertz CT molecular complexity index is 720. The molecule has 0 saturated heterocycles. The summed E-state index contributed by atoms with van der Waals surface area (Å²) < 4.78 is 5.39. The van der Waals surface area contributed by atoms with Crippen LogP contribution in [-0.4, -0.2) is 11.7 Å². The summed E-state index contributed by atoms with van der Waals surface area (Å²) in [6, 6.07) is 13.6. The van der Waals surface area contributed by atoms with E-state index in [0.29, 0.717) is 31.4 Å². The molecule has 24 heavy (non-hydrogen) atoms. The number of hydrogen-bond donors (Lipinski definition) is 2. The minimum Gasteiger partial charge on any atom is -0.469 e. The molecule has 124 valence electrons. The lowest BCUT2D eigenvalue weighted by Gasteiger charge is -2.21. The molecule has 0 saturated carbocycles. The maximum absolute atomic E-state index is 11.9. The van der Waals surface area contributed by atoms with Crippen molar-refractivity contribution in [3.05, 3.63) is 71.8 Å². The molecule has 1 atom stereocenters. The van der Waals surface area contributed by atoms with Crippen LogP contribution in [0.1, 0.15) is 36.5 Å². The maximum atomic E-state index is 11.9. The number of ketones is 1. The van der Waals surface area contributed by atoms with Crippen LogP contribution in [0.2, 0.25) is 0 Å². The van der Waals surface area contributed by atoms with Crippen molar-refractivity contribution in [3.8, 4) is 0 Å². The van der Waals surface area contributed by atoms with Crippen LogP contribution in [0.5, 0.6) is 0 Å². The van der Waals surface area contributed by atoms with Gasteiger partial charge in [0.15, 0.2) is 5.78 Å². The predicted octanol–water partition coefficient (Wildman–Crippen LogP) is 2.86. The molecule has 1 amide bonds. The molecule has 1 aliphatic rings. The number of benzene rings is 1. The first-order chi connectivity index (χ1) is 11.7. The SMILES string of the molecule is O=C1C=C(NNC(=O)CCc2ccccc2)C[C@H](c2ccco2)C1. The number of nitrogens with one attached hydrogen (secondary N) is 2. The molecule has 0 unspecified atom stereocenters. The molecule has 1 aliphatic carbocycles.